The Balaban J connectivity index is 1.58. The first-order chi connectivity index (χ1) is 20.5. The summed E-state index contributed by atoms with van der Waals surface area (Å²) in [5, 5.41) is 6.51. The van der Waals surface area contributed by atoms with E-state index >= 15 is 0 Å². The van der Waals surface area contributed by atoms with E-state index in [1.54, 1.807) is 52.5 Å². The van der Waals surface area contributed by atoms with E-state index in [1.165, 1.54) is 6.07 Å². The zero-order valence-electron chi connectivity index (χ0n) is 26.2. The summed E-state index contributed by atoms with van der Waals surface area (Å²) in [5.41, 5.74) is -1.90. The Morgan fingerprint density at radius 3 is 2.34 bits per heavy atom. The molecule has 1 aliphatic heterocycles. The molecule has 13 heteroatoms. The van der Waals surface area contributed by atoms with Crippen LogP contribution in [0.15, 0.2) is 27.7 Å². The molecule has 0 bridgehead atoms. The number of ether oxygens (including phenoxy) is 2. The molecule has 242 valence electrons. The van der Waals surface area contributed by atoms with Crippen LogP contribution >= 0.6 is 0 Å². The largest absolute Gasteiger partial charge is 0.444 e. The Morgan fingerprint density at radius 1 is 1.02 bits per heavy atom. The van der Waals surface area contributed by atoms with Crippen LogP contribution < -0.4 is 5.32 Å². The maximum Gasteiger partial charge on any atom is 0.437 e. The summed E-state index contributed by atoms with van der Waals surface area (Å²) in [6.07, 6.45) is 0.350. The number of amides is 2. The van der Waals surface area contributed by atoms with Crippen LogP contribution in [0.1, 0.15) is 110 Å². The zero-order valence-corrected chi connectivity index (χ0v) is 26.2. The summed E-state index contributed by atoms with van der Waals surface area (Å²) in [5.74, 6) is 0.463. The number of halogens is 3. The molecule has 4 rings (SSSR count). The van der Waals surface area contributed by atoms with Crippen LogP contribution in [0.3, 0.4) is 0 Å². The van der Waals surface area contributed by atoms with Crippen molar-refractivity contribution in [3.05, 3.63) is 35.2 Å². The van der Waals surface area contributed by atoms with Crippen molar-refractivity contribution in [1.29, 1.82) is 0 Å². The Kier molecular flexibility index (Phi) is 9.94. The second-order valence-corrected chi connectivity index (χ2v) is 13.4. The molecule has 1 saturated carbocycles. The number of likely N-dealkylation sites (tertiary alicyclic amines) is 1. The molecule has 2 amide bonds. The molecule has 2 aliphatic rings. The fraction of sp³-hybridized carbons (Fsp3) is 0.645. The first kappa shape index (κ1) is 33.3. The summed E-state index contributed by atoms with van der Waals surface area (Å²) in [6, 6.07) is 3.55. The summed E-state index contributed by atoms with van der Waals surface area (Å²) in [7, 11) is 0. The predicted octanol–water partition coefficient (Wildman–Crippen LogP) is 7.83. The topological polar surface area (TPSA) is 119 Å². The predicted molar refractivity (Wildman–Crippen MR) is 157 cm³/mol. The number of nitrogens with one attached hydrogen (secondary N) is 1. The van der Waals surface area contributed by atoms with Crippen LogP contribution in [0.5, 0.6) is 0 Å². The minimum atomic E-state index is -4.53. The second kappa shape index (κ2) is 13.2. The Labute approximate surface area is 255 Å². The van der Waals surface area contributed by atoms with E-state index in [2.05, 4.69) is 20.4 Å². The van der Waals surface area contributed by atoms with Crippen molar-refractivity contribution in [1.82, 2.24) is 20.4 Å². The minimum Gasteiger partial charge on any atom is -0.444 e. The third kappa shape index (κ3) is 9.18. The van der Waals surface area contributed by atoms with Gasteiger partial charge in [-0.1, -0.05) is 43.0 Å². The van der Waals surface area contributed by atoms with Gasteiger partial charge in [-0.25, -0.2) is 9.59 Å². The smallest absolute Gasteiger partial charge is 0.437 e. The lowest BCUT2D eigenvalue weighted by molar-refractivity contribution is -0.138. The van der Waals surface area contributed by atoms with Crippen LogP contribution in [-0.4, -0.2) is 50.9 Å². The van der Waals surface area contributed by atoms with Crippen LogP contribution in [-0.2, 0) is 22.1 Å². The number of carbonyl (C=O) groups is 2. The Morgan fingerprint density at radius 2 is 1.70 bits per heavy atom. The van der Waals surface area contributed by atoms with Gasteiger partial charge >= 0.3 is 18.4 Å². The van der Waals surface area contributed by atoms with Gasteiger partial charge in [-0.05, 0) is 84.8 Å². The number of carbonyl (C=O) groups excluding carboxylic acids is 2. The third-order valence-electron chi connectivity index (χ3n) is 7.43. The first-order valence-corrected chi connectivity index (χ1v) is 15.1. The van der Waals surface area contributed by atoms with Crippen LogP contribution in [0.4, 0.5) is 22.8 Å². The molecule has 0 radical (unpaired) electrons. The van der Waals surface area contributed by atoms with Crippen molar-refractivity contribution >= 4 is 18.1 Å². The number of nitrogens with zero attached hydrogens (tertiary/aromatic N) is 4. The molecule has 44 heavy (non-hydrogen) atoms. The lowest BCUT2D eigenvalue weighted by atomic mass is 9.94. The van der Waals surface area contributed by atoms with E-state index in [4.69, 9.17) is 14.0 Å². The summed E-state index contributed by atoms with van der Waals surface area (Å²) >= 11 is 0. The Bertz CT molecular complexity index is 1350. The third-order valence-corrected chi connectivity index (χ3v) is 7.43. The van der Waals surface area contributed by atoms with Crippen LogP contribution in [0, 0.1) is 5.92 Å². The van der Waals surface area contributed by atoms with Crippen molar-refractivity contribution in [2.24, 2.45) is 10.9 Å². The van der Waals surface area contributed by atoms with Crippen molar-refractivity contribution in [3.8, 4) is 11.4 Å². The normalized spacial score (nSPS) is 18.5. The van der Waals surface area contributed by atoms with E-state index in [0.29, 0.717) is 31.7 Å². The second-order valence-electron chi connectivity index (χ2n) is 13.4. The molecular formula is C31H42F3N5O5. The van der Waals surface area contributed by atoms with Crippen LogP contribution in [0.2, 0.25) is 0 Å². The monoisotopic (exact) mass is 621 g/mol. The highest BCUT2D eigenvalue weighted by Gasteiger charge is 2.37. The van der Waals surface area contributed by atoms with Gasteiger partial charge in [0.2, 0.25) is 17.7 Å². The molecule has 10 nitrogen and oxygen atoms in total. The highest BCUT2D eigenvalue weighted by Crippen LogP contribution is 2.38. The summed E-state index contributed by atoms with van der Waals surface area (Å²) < 4.78 is 58.4. The maximum atomic E-state index is 14.1. The highest BCUT2D eigenvalue weighted by atomic mass is 19.4. The molecule has 2 heterocycles. The number of aromatic nitrogens is 2. The minimum absolute atomic E-state index is 0.00502. The summed E-state index contributed by atoms with van der Waals surface area (Å²) in [6.45, 7) is 10.5. The van der Waals surface area contributed by atoms with Crippen molar-refractivity contribution in [2.45, 2.75) is 116 Å². The molecule has 1 atom stereocenters. The number of benzene rings is 1. The molecule has 1 N–H and O–H groups in total. The van der Waals surface area contributed by atoms with Gasteiger partial charge in [0.15, 0.2) is 0 Å². The van der Waals surface area contributed by atoms with E-state index in [-0.39, 0.29) is 28.8 Å². The average molecular weight is 622 g/mol. The van der Waals surface area contributed by atoms with E-state index in [9.17, 15) is 22.8 Å². The highest BCUT2D eigenvalue weighted by molar-refractivity contribution is 5.99. The molecule has 1 aromatic carbocycles. The zero-order chi connectivity index (χ0) is 32.3. The first-order valence-electron chi connectivity index (χ1n) is 15.1. The molecule has 1 saturated heterocycles. The molecule has 1 aliphatic carbocycles. The maximum absolute atomic E-state index is 14.1. The summed E-state index contributed by atoms with van der Waals surface area (Å²) in [4.78, 5) is 35.3. The van der Waals surface area contributed by atoms with E-state index in [0.717, 1.165) is 38.2 Å². The number of aliphatic imine (C=N–C) groups is 1. The number of hydrogen-bond donors (Lipinski definition) is 1. The standard InChI is InChI=1S/C31H42F3N5O5/c1-29(2,3)42-27(40)36-26(37-28(41)43-30(4,5)6)39-17-9-12-23(39)25-35-24(38-44-25)21-16-15-20(22(18-21)31(32,33)34)14-13-19-10-7-8-11-19/h15-16,18-19,23H,7-14,17H2,1-6H3,(H,36,37,40,41). The van der Waals surface area contributed by atoms with Gasteiger partial charge in [0.1, 0.15) is 17.2 Å². The molecule has 2 fully saturated rings. The number of aryl methyl sites for hydroxylation is 1. The number of alkyl carbamates (subject to hydrolysis) is 1. The van der Waals surface area contributed by atoms with E-state index < -0.39 is 41.2 Å². The fourth-order valence-electron chi connectivity index (χ4n) is 5.55. The molecule has 2 aromatic rings. The van der Waals surface area contributed by atoms with Gasteiger partial charge in [-0.2, -0.15) is 18.2 Å². The number of guanidine groups is 1. The van der Waals surface area contributed by atoms with Crippen molar-refractivity contribution < 1.29 is 36.8 Å². The number of rotatable bonds is 5. The van der Waals surface area contributed by atoms with Crippen LogP contribution in [0.25, 0.3) is 11.4 Å². The van der Waals surface area contributed by atoms with Gasteiger partial charge in [-0.15, -0.1) is 4.99 Å². The molecule has 1 aromatic heterocycles. The number of alkyl halides is 3. The van der Waals surface area contributed by atoms with Crippen molar-refractivity contribution in [2.75, 3.05) is 6.54 Å². The van der Waals surface area contributed by atoms with Gasteiger partial charge < -0.3 is 18.9 Å². The van der Waals surface area contributed by atoms with Gasteiger partial charge in [0, 0.05) is 12.1 Å². The van der Waals surface area contributed by atoms with Crippen molar-refractivity contribution in [3.63, 3.8) is 0 Å². The fourth-order valence-corrected chi connectivity index (χ4v) is 5.55. The van der Waals surface area contributed by atoms with Gasteiger partial charge in [-0.3, -0.25) is 5.32 Å². The Hall–Kier alpha value is -3.64. The van der Waals surface area contributed by atoms with Gasteiger partial charge in [0.05, 0.1) is 5.56 Å². The van der Waals surface area contributed by atoms with Gasteiger partial charge in [0.25, 0.3) is 0 Å². The molecule has 1 unspecified atom stereocenters. The lowest BCUT2D eigenvalue weighted by Gasteiger charge is -2.27. The van der Waals surface area contributed by atoms with E-state index in [1.807, 2.05) is 0 Å². The SMILES string of the molecule is CC(C)(C)OC(=O)N=C(NC(=O)OC(C)(C)C)N1CCCC1c1nc(-c2ccc(CCC3CCCC3)c(C(F)(F)F)c2)no1. The molecule has 0 spiro atoms. The average Bonchev–Trinajstić information content (AvgIpc) is 3.66. The quantitative estimate of drug-likeness (QED) is 0.265. The lowest BCUT2D eigenvalue weighted by Crippen LogP contribution is -2.46. The number of hydrogen-bond acceptors (Lipinski definition) is 7. The molecular weight excluding hydrogens is 579 g/mol.